The zero-order valence-electron chi connectivity index (χ0n) is 20.2. The molecule has 29 heavy (non-hydrogen) atoms. The molecule has 0 radical (unpaired) electrons. The molecule has 0 heterocycles. The van der Waals surface area contributed by atoms with Crippen LogP contribution in [0.3, 0.4) is 0 Å². The van der Waals surface area contributed by atoms with Crippen LogP contribution in [0.15, 0.2) is 0 Å². The number of carbonyl (C=O) groups is 1. The highest BCUT2D eigenvalue weighted by atomic mass is 16.7. The second-order valence-electron chi connectivity index (χ2n) is 9.55. The van der Waals surface area contributed by atoms with Gasteiger partial charge in [0.2, 0.25) is 0 Å². The molecule has 3 heteroatoms. The first-order chi connectivity index (χ1) is 14.1. The standard InChI is InChI=1S/C26H53NO2/c1-4-5-6-7-8-9-10-11-12-13-14-15-16-17-18-19-22-25(26(28)29-27)23-20-21-24(2)3/h24-25H,4-23,27H2,1-3H3. The molecule has 0 bridgehead atoms. The fourth-order valence-electron chi connectivity index (χ4n) is 4.19. The van der Waals surface area contributed by atoms with Crippen molar-refractivity contribution in [3.05, 3.63) is 0 Å². The lowest BCUT2D eigenvalue weighted by molar-refractivity contribution is -0.149. The second kappa shape index (κ2) is 22.1. The Labute approximate surface area is 182 Å². The Hall–Kier alpha value is -0.570. The zero-order valence-corrected chi connectivity index (χ0v) is 20.2. The highest BCUT2D eigenvalue weighted by Gasteiger charge is 2.18. The maximum Gasteiger partial charge on any atom is 0.327 e. The Kier molecular flexibility index (Phi) is 21.7. The molecule has 0 amide bonds. The summed E-state index contributed by atoms with van der Waals surface area (Å²) in [7, 11) is 0. The lowest BCUT2D eigenvalue weighted by Gasteiger charge is -2.14. The van der Waals surface area contributed by atoms with E-state index >= 15 is 0 Å². The SMILES string of the molecule is CCCCCCCCCCCCCCCCCCC(CCCC(C)C)C(=O)ON. The minimum absolute atomic E-state index is 0.00500. The Morgan fingerprint density at radius 2 is 1.00 bits per heavy atom. The Morgan fingerprint density at radius 1 is 0.621 bits per heavy atom. The molecule has 0 aromatic rings. The summed E-state index contributed by atoms with van der Waals surface area (Å²) >= 11 is 0. The van der Waals surface area contributed by atoms with Crippen LogP contribution in [0.4, 0.5) is 0 Å². The first kappa shape index (κ1) is 28.4. The molecule has 174 valence electrons. The van der Waals surface area contributed by atoms with Gasteiger partial charge in [-0.1, -0.05) is 136 Å². The van der Waals surface area contributed by atoms with E-state index in [1.165, 1.54) is 103 Å². The second-order valence-corrected chi connectivity index (χ2v) is 9.55. The van der Waals surface area contributed by atoms with Crippen LogP contribution in [0.25, 0.3) is 0 Å². The molecule has 1 unspecified atom stereocenters. The summed E-state index contributed by atoms with van der Waals surface area (Å²) in [6.45, 7) is 6.74. The predicted molar refractivity (Wildman–Crippen MR) is 127 cm³/mol. The molecule has 0 aromatic heterocycles. The highest BCUT2D eigenvalue weighted by Crippen LogP contribution is 2.21. The van der Waals surface area contributed by atoms with Crippen molar-refractivity contribution in [2.45, 2.75) is 149 Å². The highest BCUT2D eigenvalue weighted by molar-refractivity contribution is 5.71. The van der Waals surface area contributed by atoms with Crippen molar-refractivity contribution in [2.75, 3.05) is 0 Å². The van der Waals surface area contributed by atoms with Gasteiger partial charge in [0, 0.05) is 0 Å². The molecular weight excluding hydrogens is 358 g/mol. The third kappa shape index (κ3) is 20.5. The molecular formula is C26H53NO2. The van der Waals surface area contributed by atoms with Gasteiger partial charge in [0.1, 0.15) is 0 Å². The first-order valence-corrected chi connectivity index (χ1v) is 13.0. The summed E-state index contributed by atoms with van der Waals surface area (Å²) in [6.07, 6.45) is 26.1. The minimum Gasteiger partial charge on any atom is -0.373 e. The van der Waals surface area contributed by atoms with Crippen LogP contribution in [-0.2, 0) is 9.63 Å². The van der Waals surface area contributed by atoms with Gasteiger partial charge in [-0.15, -0.1) is 0 Å². The van der Waals surface area contributed by atoms with Gasteiger partial charge in [-0.3, -0.25) is 4.79 Å². The van der Waals surface area contributed by atoms with E-state index in [4.69, 9.17) is 5.90 Å². The van der Waals surface area contributed by atoms with E-state index < -0.39 is 0 Å². The van der Waals surface area contributed by atoms with Gasteiger partial charge in [-0.25, -0.2) is 0 Å². The van der Waals surface area contributed by atoms with Crippen LogP contribution in [0.2, 0.25) is 0 Å². The van der Waals surface area contributed by atoms with Gasteiger partial charge in [0.15, 0.2) is 0 Å². The van der Waals surface area contributed by atoms with Gasteiger partial charge in [0.25, 0.3) is 0 Å². The van der Waals surface area contributed by atoms with E-state index in [1.807, 2.05) is 0 Å². The summed E-state index contributed by atoms with van der Waals surface area (Å²) in [6, 6.07) is 0. The molecule has 0 aliphatic carbocycles. The maximum absolute atomic E-state index is 11.8. The van der Waals surface area contributed by atoms with Crippen LogP contribution in [0, 0.1) is 11.8 Å². The van der Waals surface area contributed by atoms with Crippen molar-refractivity contribution in [3.8, 4) is 0 Å². The molecule has 3 nitrogen and oxygen atoms in total. The van der Waals surface area contributed by atoms with E-state index in [-0.39, 0.29) is 11.9 Å². The number of rotatable bonds is 22. The number of carbonyl (C=O) groups excluding carboxylic acids is 1. The Morgan fingerprint density at radius 3 is 1.38 bits per heavy atom. The molecule has 2 N–H and O–H groups in total. The van der Waals surface area contributed by atoms with E-state index in [2.05, 4.69) is 25.6 Å². The van der Waals surface area contributed by atoms with Gasteiger partial charge < -0.3 is 4.84 Å². The van der Waals surface area contributed by atoms with Crippen molar-refractivity contribution < 1.29 is 9.63 Å². The van der Waals surface area contributed by atoms with E-state index in [9.17, 15) is 4.79 Å². The number of nitrogens with two attached hydrogens (primary N) is 1. The van der Waals surface area contributed by atoms with Crippen LogP contribution >= 0.6 is 0 Å². The van der Waals surface area contributed by atoms with Gasteiger partial charge in [-0.2, -0.15) is 5.90 Å². The predicted octanol–water partition coefficient (Wildman–Crippen LogP) is 8.50. The van der Waals surface area contributed by atoms with Crippen LogP contribution in [0.1, 0.15) is 149 Å². The molecule has 0 aromatic carbocycles. The van der Waals surface area contributed by atoms with Crippen LogP contribution in [-0.4, -0.2) is 5.97 Å². The van der Waals surface area contributed by atoms with Crippen LogP contribution < -0.4 is 5.90 Å². The normalized spacial score (nSPS) is 12.4. The molecule has 1 atom stereocenters. The first-order valence-electron chi connectivity index (χ1n) is 13.0. The number of hydrogen-bond donors (Lipinski definition) is 1. The Bertz CT molecular complexity index is 344. The quantitative estimate of drug-likeness (QED) is 0.143. The third-order valence-corrected chi connectivity index (χ3v) is 6.19. The largest absolute Gasteiger partial charge is 0.373 e. The maximum atomic E-state index is 11.8. The monoisotopic (exact) mass is 411 g/mol. The van der Waals surface area contributed by atoms with Crippen molar-refractivity contribution >= 4 is 5.97 Å². The van der Waals surface area contributed by atoms with Gasteiger partial charge >= 0.3 is 5.97 Å². The lowest BCUT2D eigenvalue weighted by atomic mass is 9.93. The molecule has 0 rings (SSSR count). The average Bonchev–Trinajstić information content (AvgIpc) is 2.71. The zero-order chi connectivity index (χ0) is 21.6. The van der Waals surface area contributed by atoms with E-state index in [0.717, 1.165) is 25.7 Å². The van der Waals surface area contributed by atoms with E-state index in [1.54, 1.807) is 0 Å². The summed E-state index contributed by atoms with van der Waals surface area (Å²) in [4.78, 5) is 16.3. The Balaban J connectivity index is 3.42. The van der Waals surface area contributed by atoms with Crippen molar-refractivity contribution in [3.63, 3.8) is 0 Å². The molecule has 0 aliphatic heterocycles. The third-order valence-electron chi connectivity index (χ3n) is 6.19. The molecule has 0 spiro atoms. The molecule has 0 saturated heterocycles. The summed E-state index contributed by atoms with van der Waals surface area (Å²) in [5, 5.41) is 0. The lowest BCUT2D eigenvalue weighted by Crippen LogP contribution is -2.21. The van der Waals surface area contributed by atoms with Crippen LogP contribution in [0.5, 0.6) is 0 Å². The molecule has 0 saturated carbocycles. The van der Waals surface area contributed by atoms with Gasteiger partial charge in [0.05, 0.1) is 5.92 Å². The fourth-order valence-corrected chi connectivity index (χ4v) is 4.19. The number of unbranched alkanes of at least 4 members (excludes halogenated alkanes) is 15. The minimum atomic E-state index is -0.213. The van der Waals surface area contributed by atoms with Crippen molar-refractivity contribution in [1.82, 2.24) is 0 Å². The van der Waals surface area contributed by atoms with Gasteiger partial charge in [-0.05, 0) is 18.8 Å². The summed E-state index contributed by atoms with van der Waals surface area (Å²) in [5.41, 5.74) is 0. The smallest absolute Gasteiger partial charge is 0.327 e. The topological polar surface area (TPSA) is 52.3 Å². The number of hydrogen-bond acceptors (Lipinski definition) is 3. The molecule has 0 fully saturated rings. The average molecular weight is 412 g/mol. The fraction of sp³-hybridized carbons (Fsp3) is 0.962. The van der Waals surface area contributed by atoms with Crippen molar-refractivity contribution in [2.24, 2.45) is 17.7 Å². The van der Waals surface area contributed by atoms with Crippen molar-refractivity contribution in [1.29, 1.82) is 0 Å². The summed E-state index contributed by atoms with van der Waals surface area (Å²) in [5.74, 6) is 5.60. The summed E-state index contributed by atoms with van der Waals surface area (Å²) < 4.78 is 0. The van der Waals surface area contributed by atoms with E-state index in [0.29, 0.717) is 5.92 Å². The molecule has 0 aliphatic rings.